The van der Waals surface area contributed by atoms with E-state index in [0.717, 1.165) is 157 Å². The zero-order valence-corrected chi connectivity index (χ0v) is 98.6. The van der Waals surface area contributed by atoms with Crippen molar-refractivity contribution < 1.29 is 43.2 Å². The van der Waals surface area contributed by atoms with E-state index in [1.165, 1.54) is 266 Å². The third-order valence-corrected chi connectivity index (χ3v) is 53.1. The smallest absolute Gasteiger partial charge is 0.308 e. The molecule has 6 bridgehead atoms. The molecule has 17 heteroatoms. The molecule has 12 saturated carbocycles. The standard InChI is InChI=1S/C44H68N2O3.C43H66N2O3.C39H59NO2.C5H9NO.2H2S/c1-28(2)33-15-20-44(45-23-24-46-26-32-25-31(46)27-49-32)22-21-42(6)35(38(33)44)13-14-37-41(5)18-16-34(29-9-11-30(12-10-29)39(47)48-8)40(3,4)36(41)17-19-43(37,42)7;1-27(2)32-14-19-43(44-22-23-45-25-31-24-30(45)26-48-31)21-20-41(6)34(37(32)43)12-13-36-40(5)17-15-33(28-8-10-29(11-9-28)38(46)47)39(3,4)35(40)16-18-42(36,41)7;1-25(2)28-15-20-39(40-23-24-40)22-21-37(6)30(33(28)39)13-14-32-36(5)18-16-29(26-9-11-27(12-10-26)34(41)42-8)35(3,4)31(36)17-19-38(32,37)7;1-4-3-7-5(1)2-6-4;;/h9,16,30-33,35-38,45H,1,10-15,17-27H2,2-8H3;8,15,29-32,34-37,44H,1,9-14,16-26H2,2-7H3,(H,46,47);9,16,27-28,30-33H,1,10-15,17-24H2,2-8H3;4-6H,1-3H2;2*1H2/t30-,31-,32-,33-,35+,36-,37+,38+,41-,42+,43+,44-;29-,30-,31-,32-,34+,35-,36+,37+,40-,41+,42+,43-;27-,28-,30+,31-,32+,33+,36-,37+,38+,39-;4-,5-;;/m0000../s1. The van der Waals surface area contributed by atoms with Gasteiger partial charge in [0.05, 0.1) is 70.1 Å². The number of carbonyl (C=O) groups excluding carboxylic acids is 2. The maximum atomic E-state index is 12.3. The summed E-state index contributed by atoms with van der Waals surface area (Å²) in [6.07, 6.45) is 64.8. The van der Waals surface area contributed by atoms with Gasteiger partial charge in [-0.1, -0.05) is 177 Å². The molecule has 0 unspecified atom stereocenters. The monoisotopic (exact) mass is 2070 g/mol. The molecule has 0 spiro atoms. The lowest BCUT2D eigenvalue weighted by atomic mass is 9.33. The van der Waals surface area contributed by atoms with Gasteiger partial charge in [0.15, 0.2) is 0 Å². The van der Waals surface area contributed by atoms with E-state index in [-0.39, 0.29) is 84.0 Å². The summed E-state index contributed by atoms with van der Waals surface area (Å²) in [5.74, 6) is 10.2. The van der Waals surface area contributed by atoms with E-state index < -0.39 is 5.97 Å². The van der Waals surface area contributed by atoms with Crippen LogP contribution in [0.3, 0.4) is 0 Å². The van der Waals surface area contributed by atoms with E-state index in [4.69, 9.17) is 23.7 Å². The number of aliphatic carboxylic acids is 1. The third-order valence-electron chi connectivity index (χ3n) is 53.1. The maximum absolute atomic E-state index is 12.3. The Kier molecular flexibility index (Phi) is 30.3. The van der Waals surface area contributed by atoms with Crippen molar-refractivity contribution in [3.63, 3.8) is 0 Å². The number of carbonyl (C=O) groups is 3. The van der Waals surface area contributed by atoms with E-state index >= 15 is 0 Å². The van der Waals surface area contributed by atoms with Gasteiger partial charge in [-0.15, -0.1) is 0 Å². The van der Waals surface area contributed by atoms with E-state index in [1.807, 2.05) is 0 Å². The summed E-state index contributed by atoms with van der Waals surface area (Å²) in [5.41, 5.74) is 18.3. The molecular weight excluding hydrogens is 1870 g/mol. The zero-order valence-electron chi connectivity index (χ0n) is 96.6. The SMILES string of the molecule is C1O[C@@H]2CN[C@H]1C2.C=C(C)[C@@H]1CC[C@]2(N3CC3)CC[C@]3(C)[C@H](CC[C@@H]4[C@@]5(C)CC=C(C6=CC[C@H](C(=O)OC)CC6)C(C)(C)[C@@H]5CC[C@]43C)[C@@H]12.C=C(C)[C@@H]1CC[C@]2(NCCN3C[C@@H]4C[C@H]3CO4)CC[C@]3(C)[C@H](CC[C@@H]4[C@@]5(C)CC=C(C6=CC[C@H](C(=O)O)CC6)C(C)(C)[C@@H]5CC[C@]43C)[C@@H]12.C=C(C)[C@@H]1CC[C@]2(NCCN3C[C@@H]4C[C@H]3CO4)CC[C@]3(C)[C@H](CC[C@@H]4[C@@]5(C)CC=C(C6=CC[C@H](C(=O)OC)CC6)C(C)(C)[C@@H]5CC[C@]43C)[C@@H]12.S.S. The number of fused-ring (bicyclic) bond motifs is 27. The number of nitrogens with zero attached hydrogens (tertiary/aromatic N) is 3. The van der Waals surface area contributed by atoms with Crippen LogP contribution in [0.2, 0.25) is 0 Å². The van der Waals surface area contributed by atoms with Gasteiger partial charge < -0.3 is 44.7 Å². The summed E-state index contributed by atoms with van der Waals surface area (Å²) in [6.45, 7) is 74.5. The molecule has 15 nitrogen and oxygen atoms in total. The quantitative estimate of drug-likeness (QED) is 0.0582. The number of rotatable bonds is 18. The van der Waals surface area contributed by atoms with Crippen LogP contribution in [0.5, 0.6) is 0 Å². The third kappa shape index (κ3) is 17.4. The normalized spacial score (nSPS) is 48.3. The van der Waals surface area contributed by atoms with Crippen LogP contribution in [0.25, 0.3) is 0 Å². The van der Waals surface area contributed by atoms with E-state index in [0.29, 0.717) is 133 Å². The highest BCUT2D eigenvalue weighted by Crippen LogP contribution is 2.82. The molecule has 0 radical (unpaired) electrons. The Morgan fingerprint density at radius 1 is 0.405 bits per heavy atom. The molecule has 4 N–H and O–H groups in total. The average Bonchev–Trinajstić information content (AvgIpc) is 1.24. The number of esters is 2. The second-order valence-electron chi connectivity index (χ2n) is 59.4. The Bertz CT molecular complexity index is 5210. The predicted molar refractivity (Wildman–Crippen MR) is 610 cm³/mol. The topological polar surface area (TPSA) is 163 Å². The molecule has 19 fully saturated rings. The van der Waals surface area contributed by atoms with Gasteiger partial charge in [0.25, 0.3) is 0 Å². The van der Waals surface area contributed by atoms with E-state index in [1.54, 1.807) is 16.7 Å². The number of likely N-dealkylation sites (tertiary alicyclic amines) is 2. The largest absolute Gasteiger partial charge is 0.481 e. The van der Waals surface area contributed by atoms with Crippen LogP contribution in [-0.2, 0) is 38.1 Å². The minimum absolute atomic E-state index is 0. The van der Waals surface area contributed by atoms with Crippen LogP contribution in [-0.4, -0.2) is 184 Å². The lowest BCUT2D eigenvalue weighted by molar-refractivity contribution is -0.224. The molecular formula is C131H206N6O9S2. The summed E-state index contributed by atoms with van der Waals surface area (Å²) in [5, 5.41) is 21.6. The van der Waals surface area contributed by atoms with Crippen LogP contribution in [0.15, 0.2) is 106 Å². The molecule has 7 heterocycles. The Morgan fingerprint density at radius 2 is 0.770 bits per heavy atom. The summed E-state index contributed by atoms with van der Waals surface area (Å²) < 4.78 is 27.3. The second-order valence-corrected chi connectivity index (χ2v) is 59.4. The number of nitrogens with one attached hydrogen (secondary N) is 3. The molecule has 18 aliphatic carbocycles. The molecule has 0 amide bonds. The fourth-order valence-electron chi connectivity index (χ4n) is 45.4. The zero-order chi connectivity index (χ0) is 103. The summed E-state index contributed by atoms with van der Waals surface area (Å²) in [6, 6.07) is 2.00. The lowest BCUT2D eigenvalue weighted by Crippen LogP contribution is -2.68. The first-order valence-electron chi connectivity index (χ1n) is 61.2. The minimum atomic E-state index is -0.627. The fraction of sp³-hybridized carbons (Fsp3) is 0.840. The second kappa shape index (κ2) is 40.4. The van der Waals surface area contributed by atoms with Gasteiger partial charge in [0.1, 0.15) is 0 Å². The number of ether oxygens (including phenoxy) is 5. The van der Waals surface area contributed by atoms with Crippen LogP contribution >= 0.6 is 27.0 Å². The van der Waals surface area contributed by atoms with Gasteiger partial charge in [0, 0.05) is 93.6 Å². The fourth-order valence-corrected chi connectivity index (χ4v) is 45.4. The summed E-state index contributed by atoms with van der Waals surface area (Å²) in [7, 11) is 3.06. The van der Waals surface area contributed by atoms with Crippen molar-refractivity contribution in [2.45, 2.75) is 428 Å². The Labute approximate surface area is 911 Å². The number of morpholine rings is 3. The average molecular weight is 2070 g/mol. The van der Waals surface area contributed by atoms with Crippen molar-refractivity contribution in [3.05, 3.63) is 106 Å². The molecule has 7 saturated heterocycles. The Balaban J connectivity index is 0.000000129. The van der Waals surface area contributed by atoms with E-state index in [9.17, 15) is 19.5 Å². The van der Waals surface area contributed by atoms with Gasteiger partial charge >= 0.3 is 17.9 Å². The number of carboxylic acid groups (broad SMARTS) is 1. The molecule has 0 aromatic heterocycles. The molecule has 0 aromatic carbocycles. The van der Waals surface area contributed by atoms with Crippen molar-refractivity contribution in [2.75, 3.05) is 92.9 Å². The Hall–Kier alpha value is -3.59. The van der Waals surface area contributed by atoms with Gasteiger partial charge in [-0.05, 0) is 458 Å². The molecule has 25 aliphatic rings. The number of hydrogen-bond acceptors (Lipinski definition) is 14. The van der Waals surface area contributed by atoms with Crippen LogP contribution in [0, 0.1) is 172 Å². The molecule has 148 heavy (non-hydrogen) atoms. The Morgan fingerprint density at radius 3 is 1.07 bits per heavy atom. The van der Waals surface area contributed by atoms with Gasteiger partial charge in [-0.25, -0.2) is 0 Å². The first-order chi connectivity index (χ1) is 69.3. The van der Waals surface area contributed by atoms with Crippen LogP contribution in [0.1, 0.15) is 375 Å². The van der Waals surface area contributed by atoms with Gasteiger partial charge in [0.2, 0.25) is 0 Å². The summed E-state index contributed by atoms with van der Waals surface area (Å²) in [4.78, 5) is 44.5. The van der Waals surface area contributed by atoms with Crippen LogP contribution in [0.4, 0.5) is 0 Å². The maximum Gasteiger partial charge on any atom is 0.308 e. The highest BCUT2D eigenvalue weighted by atomic mass is 32.1. The highest BCUT2D eigenvalue weighted by Gasteiger charge is 2.76. The molecule has 0 aromatic rings. The molecule has 7 aliphatic heterocycles. The molecule has 25 rings (SSSR count). The minimum Gasteiger partial charge on any atom is -0.481 e. The highest BCUT2D eigenvalue weighted by molar-refractivity contribution is 7.59. The number of hydrogen-bond donors (Lipinski definition) is 4. The van der Waals surface area contributed by atoms with Crippen molar-refractivity contribution in [1.82, 2.24) is 30.7 Å². The summed E-state index contributed by atoms with van der Waals surface area (Å²) >= 11 is 0. The van der Waals surface area contributed by atoms with Crippen molar-refractivity contribution in [2.24, 2.45) is 172 Å². The first-order valence-corrected chi connectivity index (χ1v) is 61.2. The lowest BCUT2D eigenvalue weighted by Gasteiger charge is -2.72. The van der Waals surface area contributed by atoms with Crippen molar-refractivity contribution in [3.8, 4) is 0 Å². The molecule has 36 atom stereocenters. The van der Waals surface area contributed by atoms with E-state index in [2.05, 4.69) is 211 Å². The van der Waals surface area contributed by atoms with Crippen molar-refractivity contribution in [1.29, 1.82) is 0 Å². The first kappa shape index (κ1) is 111. The van der Waals surface area contributed by atoms with Crippen molar-refractivity contribution >= 4 is 44.9 Å². The van der Waals surface area contributed by atoms with Gasteiger partial charge in [-0.2, -0.15) is 27.0 Å². The number of carboxylic acids is 1. The number of methoxy groups -OCH3 is 2. The predicted octanol–water partition coefficient (Wildman–Crippen LogP) is 26.8. The number of allylic oxidation sites excluding steroid dienone is 15. The van der Waals surface area contributed by atoms with Crippen LogP contribution < -0.4 is 16.0 Å². The molecule has 826 valence electrons. The van der Waals surface area contributed by atoms with Gasteiger partial charge in [-0.3, -0.25) is 29.1 Å².